The summed E-state index contributed by atoms with van der Waals surface area (Å²) in [6, 6.07) is 0. The molecule has 0 unspecified atom stereocenters. The maximum atomic E-state index is 10.6. The normalized spacial score (nSPS) is 9.56. The quantitative estimate of drug-likeness (QED) is 0.566. The van der Waals surface area contributed by atoms with Crippen LogP contribution in [-0.4, -0.2) is 8.77 Å². The average molecular weight is 253 g/mol. The number of rotatable bonds is 1. The fourth-order valence-corrected chi connectivity index (χ4v) is 1.57. The van der Waals surface area contributed by atoms with Gasteiger partial charge in [-0.2, -0.15) is 0 Å². The van der Waals surface area contributed by atoms with Crippen molar-refractivity contribution in [3.63, 3.8) is 0 Å². The molecule has 0 spiro atoms. The van der Waals surface area contributed by atoms with Crippen LogP contribution in [0, 0.1) is 6.92 Å². The summed E-state index contributed by atoms with van der Waals surface area (Å²) in [5.74, 6) is 0. The molecule has 1 rings (SSSR count). The van der Waals surface area contributed by atoms with Gasteiger partial charge in [0.05, 0.1) is 0 Å². The summed E-state index contributed by atoms with van der Waals surface area (Å²) in [6.45, 7) is 1.87. The molecule has 1 aromatic heterocycles. The van der Waals surface area contributed by atoms with E-state index in [4.69, 9.17) is 0 Å². The zero-order valence-electron chi connectivity index (χ0n) is 4.72. The van der Waals surface area contributed by atoms with Crippen molar-refractivity contribution >= 4 is 37.7 Å². The SMILES string of the molecule is Cc1csc(C(=O)I)n1. The zero-order chi connectivity index (χ0) is 6.85. The van der Waals surface area contributed by atoms with Crippen molar-refractivity contribution in [3.8, 4) is 0 Å². The molecule has 0 amide bonds. The van der Waals surface area contributed by atoms with Gasteiger partial charge < -0.3 is 0 Å². The van der Waals surface area contributed by atoms with Crippen molar-refractivity contribution < 1.29 is 4.79 Å². The maximum Gasteiger partial charge on any atom is 0.250 e. The van der Waals surface area contributed by atoms with Gasteiger partial charge in [0, 0.05) is 33.7 Å². The lowest BCUT2D eigenvalue weighted by atomic mass is 10.6. The van der Waals surface area contributed by atoms with E-state index in [0.29, 0.717) is 5.01 Å². The Morgan fingerprint density at radius 2 is 2.56 bits per heavy atom. The first kappa shape index (κ1) is 7.14. The van der Waals surface area contributed by atoms with E-state index in [2.05, 4.69) is 4.98 Å². The van der Waals surface area contributed by atoms with Gasteiger partial charge in [-0.05, 0) is 6.92 Å². The van der Waals surface area contributed by atoms with Crippen LogP contribution in [0.5, 0.6) is 0 Å². The molecule has 0 atom stereocenters. The van der Waals surface area contributed by atoms with E-state index in [9.17, 15) is 4.79 Å². The van der Waals surface area contributed by atoms with Gasteiger partial charge >= 0.3 is 0 Å². The molecular weight excluding hydrogens is 249 g/mol. The highest BCUT2D eigenvalue weighted by Crippen LogP contribution is 2.11. The van der Waals surface area contributed by atoms with E-state index in [1.807, 2.05) is 12.3 Å². The summed E-state index contributed by atoms with van der Waals surface area (Å²) < 4.78 is 0.0192. The number of halogens is 1. The molecule has 4 heteroatoms. The van der Waals surface area contributed by atoms with Gasteiger partial charge in [0.25, 0.3) is 3.79 Å². The number of hydrogen-bond acceptors (Lipinski definition) is 3. The van der Waals surface area contributed by atoms with Crippen molar-refractivity contribution in [2.45, 2.75) is 6.92 Å². The Morgan fingerprint density at radius 3 is 2.78 bits per heavy atom. The van der Waals surface area contributed by atoms with Crippen LogP contribution >= 0.6 is 33.9 Å². The molecule has 0 aliphatic heterocycles. The Morgan fingerprint density at radius 1 is 1.89 bits per heavy atom. The van der Waals surface area contributed by atoms with Gasteiger partial charge in [0.15, 0.2) is 5.01 Å². The van der Waals surface area contributed by atoms with E-state index in [-0.39, 0.29) is 3.79 Å². The molecule has 48 valence electrons. The summed E-state index contributed by atoms with van der Waals surface area (Å²) >= 11 is 3.12. The maximum absolute atomic E-state index is 10.6. The predicted octanol–water partition coefficient (Wildman–Crippen LogP) is 2.03. The minimum Gasteiger partial charge on any atom is -0.279 e. The predicted molar refractivity (Wildman–Crippen MR) is 45.2 cm³/mol. The van der Waals surface area contributed by atoms with Crippen LogP contribution in [0.15, 0.2) is 5.38 Å². The molecule has 1 heterocycles. The Bertz CT molecular complexity index is 233. The Labute approximate surface area is 70.4 Å². The van der Waals surface area contributed by atoms with Crippen LogP contribution in [0.25, 0.3) is 0 Å². The van der Waals surface area contributed by atoms with Crippen LogP contribution in [-0.2, 0) is 0 Å². The van der Waals surface area contributed by atoms with Gasteiger partial charge in [0.1, 0.15) is 0 Å². The fraction of sp³-hybridized carbons (Fsp3) is 0.200. The molecule has 0 N–H and O–H groups in total. The van der Waals surface area contributed by atoms with Gasteiger partial charge in [-0.3, -0.25) is 4.79 Å². The highest BCUT2D eigenvalue weighted by atomic mass is 127. The van der Waals surface area contributed by atoms with Crippen molar-refractivity contribution in [1.29, 1.82) is 0 Å². The molecule has 0 aliphatic rings. The lowest BCUT2D eigenvalue weighted by Crippen LogP contribution is -1.84. The number of carbonyl (C=O) groups is 1. The second kappa shape index (κ2) is 2.74. The van der Waals surface area contributed by atoms with Gasteiger partial charge in [-0.25, -0.2) is 4.98 Å². The second-order valence-electron chi connectivity index (χ2n) is 1.57. The van der Waals surface area contributed by atoms with Gasteiger partial charge in [0.2, 0.25) is 0 Å². The van der Waals surface area contributed by atoms with Crippen LogP contribution in [0.2, 0.25) is 0 Å². The van der Waals surface area contributed by atoms with E-state index in [1.165, 1.54) is 11.3 Å². The number of hydrogen-bond donors (Lipinski definition) is 0. The number of aromatic nitrogens is 1. The minimum atomic E-state index is 0.0192. The molecule has 0 bridgehead atoms. The fourth-order valence-electron chi connectivity index (χ4n) is 0.444. The first-order chi connectivity index (χ1) is 4.20. The second-order valence-corrected chi connectivity index (χ2v) is 3.41. The monoisotopic (exact) mass is 253 g/mol. The first-order valence-corrected chi connectivity index (χ1v) is 4.28. The van der Waals surface area contributed by atoms with Crippen LogP contribution in [0.4, 0.5) is 0 Å². The topological polar surface area (TPSA) is 30.0 Å². The smallest absolute Gasteiger partial charge is 0.250 e. The zero-order valence-corrected chi connectivity index (χ0v) is 7.69. The average Bonchev–Trinajstić information content (AvgIpc) is 2.14. The van der Waals surface area contributed by atoms with Gasteiger partial charge in [-0.1, -0.05) is 0 Å². The molecule has 0 saturated heterocycles. The first-order valence-electron chi connectivity index (χ1n) is 2.32. The van der Waals surface area contributed by atoms with Crippen molar-refractivity contribution in [1.82, 2.24) is 4.98 Å². The number of thiazole rings is 1. The van der Waals surface area contributed by atoms with E-state index < -0.39 is 0 Å². The summed E-state index contributed by atoms with van der Waals surface area (Å²) in [4.78, 5) is 14.6. The lowest BCUT2D eigenvalue weighted by Gasteiger charge is -1.78. The Balaban J connectivity index is 2.98. The van der Waals surface area contributed by atoms with E-state index in [0.717, 1.165) is 5.69 Å². The van der Waals surface area contributed by atoms with Crippen LogP contribution in [0.3, 0.4) is 0 Å². The molecular formula is C5H4INOS. The third-order valence-electron chi connectivity index (χ3n) is 0.787. The Kier molecular flexibility index (Phi) is 2.18. The summed E-state index contributed by atoms with van der Waals surface area (Å²) in [5, 5.41) is 2.46. The highest BCUT2D eigenvalue weighted by Gasteiger charge is 2.03. The standard InChI is InChI=1S/C5H4INOS/c1-3-2-9-5(7-3)4(6)8/h2H,1H3. The molecule has 2 nitrogen and oxygen atoms in total. The molecule has 1 aromatic rings. The summed E-state index contributed by atoms with van der Waals surface area (Å²) in [6.07, 6.45) is 0. The third-order valence-corrected chi connectivity index (χ3v) is 2.62. The van der Waals surface area contributed by atoms with E-state index in [1.54, 1.807) is 22.6 Å². The number of carbonyl (C=O) groups excluding carboxylic acids is 1. The summed E-state index contributed by atoms with van der Waals surface area (Å²) in [5.41, 5.74) is 0.917. The molecule has 9 heavy (non-hydrogen) atoms. The highest BCUT2D eigenvalue weighted by molar-refractivity contribution is 14.1. The van der Waals surface area contributed by atoms with Crippen molar-refractivity contribution in [2.75, 3.05) is 0 Å². The minimum absolute atomic E-state index is 0.0192. The molecule has 0 aliphatic carbocycles. The van der Waals surface area contributed by atoms with Crippen molar-refractivity contribution in [3.05, 3.63) is 16.1 Å². The number of aryl methyl sites for hydroxylation is 1. The molecule has 0 fully saturated rings. The lowest BCUT2D eigenvalue weighted by molar-refractivity contribution is 0.110. The van der Waals surface area contributed by atoms with Gasteiger partial charge in [-0.15, -0.1) is 11.3 Å². The largest absolute Gasteiger partial charge is 0.279 e. The van der Waals surface area contributed by atoms with Crippen LogP contribution < -0.4 is 0 Å². The summed E-state index contributed by atoms with van der Waals surface area (Å²) in [7, 11) is 0. The van der Waals surface area contributed by atoms with Crippen molar-refractivity contribution in [2.24, 2.45) is 0 Å². The molecule has 0 saturated carbocycles. The number of nitrogens with zero attached hydrogens (tertiary/aromatic N) is 1. The third kappa shape index (κ3) is 1.72. The Hall–Kier alpha value is 0.0300. The molecule has 0 radical (unpaired) electrons. The molecule has 0 aromatic carbocycles. The van der Waals surface area contributed by atoms with E-state index >= 15 is 0 Å². The van der Waals surface area contributed by atoms with Crippen LogP contribution in [0.1, 0.15) is 15.5 Å².